The van der Waals surface area contributed by atoms with E-state index in [1.54, 1.807) is 26.0 Å². The molecule has 0 radical (unpaired) electrons. The van der Waals surface area contributed by atoms with Crippen LogP contribution in [0.1, 0.15) is 29.9 Å². The molecule has 0 amide bonds. The van der Waals surface area contributed by atoms with Crippen molar-refractivity contribution in [3.63, 3.8) is 0 Å². The Kier molecular flexibility index (Phi) is 3.79. The topological polar surface area (TPSA) is 52.1 Å². The van der Waals surface area contributed by atoms with E-state index in [0.29, 0.717) is 5.56 Å². The summed E-state index contributed by atoms with van der Waals surface area (Å²) in [5.41, 5.74) is 0.0257. The van der Waals surface area contributed by atoms with Crippen molar-refractivity contribution in [2.45, 2.75) is 19.3 Å². The van der Waals surface area contributed by atoms with E-state index < -0.39 is 5.41 Å². The molecule has 0 saturated heterocycles. The quantitative estimate of drug-likeness (QED) is 0.804. The van der Waals surface area contributed by atoms with Crippen LogP contribution in [0.3, 0.4) is 0 Å². The monoisotopic (exact) mass is 274 g/mol. The van der Waals surface area contributed by atoms with E-state index in [2.05, 4.69) is 9.97 Å². The molecule has 4 nitrogen and oxygen atoms in total. The first-order chi connectivity index (χ1) is 9.46. The van der Waals surface area contributed by atoms with Crippen molar-refractivity contribution in [2.24, 2.45) is 0 Å². The Hall–Kier alpha value is -2.30. The number of nitrogens with zero attached hydrogens (tertiary/aromatic N) is 2. The number of ketones is 1. The number of carbonyl (C=O) groups is 1. The fraction of sp³-hybridized carbons (Fsp3) is 0.267. The maximum Gasteiger partial charge on any atom is 0.243 e. The van der Waals surface area contributed by atoms with Crippen molar-refractivity contribution >= 4 is 5.78 Å². The number of Topliss-reactive ketones (excluding diaryl/α,β-unsaturated/α-hetero) is 1. The van der Waals surface area contributed by atoms with Gasteiger partial charge in [0.2, 0.25) is 5.88 Å². The Morgan fingerprint density at radius 1 is 1.15 bits per heavy atom. The van der Waals surface area contributed by atoms with Gasteiger partial charge in [0.05, 0.1) is 12.5 Å². The zero-order valence-electron chi connectivity index (χ0n) is 11.6. The van der Waals surface area contributed by atoms with Crippen LogP contribution < -0.4 is 4.74 Å². The van der Waals surface area contributed by atoms with Gasteiger partial charge < -0.3 is 4.74 Å². The first-order valence-corrected chi connectivity index (χ1v) is 6.12. The summed E-state index contributed by atoms with van der Waals surface area (Å²) < 4.78 is 18.1. The van der Waals surface area contributed by atoms with E-state index in [0.717, 1.165) is 0 Å². The Morgan fingerprint density at radius 3 is 2.35 bits per heavy atom. The Labute approximate surface area is 116 Å². The van der Waals surface area contributed by atoms with Gasteiger partial charge in [-0.1, -0.05) is 12.1 Å². The minimum absolute atomic E-state index is 0.171. The molecule has 2 rings (SSSR count). The van der Waals surface area contributed by atoms with Gasteiger partial charge in [0.25, 0.3) is 0 Å². The molecule has 0 fully saturated rings. The predicted molar refractivity (Wildman–Crippen MR) is 72.3 cm³/mol. The maximum atomic E-state index is 13.0. The van der Waals surface area contributed by atoms with Crippen LogP contribution >= 0.6 is 0 Å². The molecule has 0 unspecified atom stereocenters. The number of hydrogen-bond acceptors (Lipinski definition) is 4. The highest BCUT2D eigenvalue weighted by Gasteiger charge is 2.33. The van der Waals surface area contributed by atoms with E-state index in [-0.39, 0.29) is 23.2 Å². The summed E-state index contributed by atoms with van der Waals surface area (Å²) >= 11 is 0. The van der Waals surface area contributed by atoms with Crippen LogP contribution in [-0.4, -0.2) is 22.9 Å². The SMILES string of the molecule is COc1nccnc1C(=O)C(C)(C)c1ccc(F)cc1. The standard InChI is InChI=1S/C15H15FN2O2/c1-15(2,10-4-6-11(16)7-5-10)13(19)12-14(20-3)18-9-8-17-12/h4-9H,1-3H3. The number of carbonyl (C=O) groups excluding carboxylic acids is 1. The number of benzene rings is 1. The molecule has 1 aromatic heterocycles. The summed E-state index contributed by atoms with van der Waals surface area (Å²) in [5.74, 6) is -0.379. The van der Waals surface area contributed by atoms with Crippen LogP contribution in [0.5, 0.6) is 5.88 Å². The van der Waals surface area contributed by atoms with Gasteiger partial charge >= 0.3 is 0 Å². The summed E-state index contributed by atoms with van der Waals surface area (Å²) in [6.07, 6.45) is 2.90. The van der Waals surface area contributed by atoms with Crippen molar-refractivity contribution < 1.29 is 13.9 Å². The van der Waals surface area contributed by atoms with Crippen molar-refractivity contribution in [1.82, 2.24) is 9.97 Å². The molecule has 0 aliphatic carbocycles. The van der Waals surface area contributed by atoms with Gasteiger partial charge in [-0.05, 0) is 31.5 Å². The van der Waals surface area contributed by atoms with Crippen LogP contribution in [0.2, 0.25) is 0 Å². The number of methoxy groups -OCH3 is 1. The second-order valence-corrected chi connectivity index (χ2v) is 4.88. The molecule has 0 spiro atoms. The molecule has 0 bridgehead atoms. The molecule has 0 N–H and O–H groups in total. The van der Waals surface area contributed by atoms with E-state index in [9.17, 15) is 9.18 Å². The summed E-state index contributed by atoms with van der Waals surface area (Å²) in [7, 11) is 1.44. The third-order valence-electron chi connectivity index (χ3n) is 3.21. The van der Waals surface area contributed by atoms with Gasteiger partial charge in [-0.3, -0.25) is 4.79 Å². The molecular formula is C15H15FN2O2. The molecule has 20 heavy (non-hydrogen) atoms. The van der Waals surface area contributed by atoms with Crippen LogP contribution in [0.25, 0.3) is 0 Å². The van der Waals surface area contributed by atoms with Crippen molar-refractivity contribution in [3.8, 4) is 5.88 Å². The largest absolute Gasteiger partial charge is 0.479 e. The lowest BCUT2D eigenvalue weighted by Crippen LogP contribution is -2.30. The first-order valence-electron chi connectivity index (χ1n) is 6.12. The van der Waals surface area contributed by atoms with E-state index in [1.807, 2.05) is 0 Å². The third kappa shape index (κ3) is 2.52. The fourth-order valence-corrected chi connectivity index (χ4v) is 1.92. The van der Waals surface area contributed by atoms with E-state index in [1.165, 1.54) is 31.6 Å². The summed E-state index contributed by atoms with van der Waals surface area (Å²) in [6.45, 7) is 3.52. The number of rotatable bonds is 4. The smallest absolute Gasteiger partial charge is 0.243 e. The lowest BCUT2D eigenvalue weighted by molar-refractivity contribution is 0.0899. The highest BCUT2D eigenvalue weighted by Crippen LogP contribution is 2.29. The zero-order valence-corrected chi connectivity index (χ0v) is 11.6. The molecule has 0 aliphatic heterocycles. The predicted octanol–water partition coefficient (Wildman–Crippen LogP) is 2.78. The van der Waals surface area contributed by atoms with Crippen molar-refractivity contribution in [2.75, 3.05) is 7.11 Å². The van der Waals surface area contributed by atoms with Crippen LogP contribution in [0.15, 0.2) is 36.7 Å². The number of ether oxygens (including phenoxy) is 1. The van der Waals surface area contributed by atoms with Gasteiger partial charge in [-0.25, -0.2) is 14.4 Å². The fourth-order valence-electron chi connectivity index (χ4n) is 1.92. The highest BCUT2D eigenvalue weighted by molar-refractivity contribution is 6.03. The third-order valence-corrected chi connectivity index (χ3v) is 3.21. The van der Waals surface area contributed by atoms with Gasteiger partial charge in [0.1, 0.15) is 5.82 Å². The van der Waals surface area contributed by atoms with Gasteiger partial charge in [0.15, 0.2) is 11.5 Å². The molecule has 1 heterocycles. The van der Waals surface area contributed by atoms with Crippen molar-refractivity contribution in [1.29, 1.82) is 0 Å². The second kappa shape index (κ2) is 5.36. The Balaban J connectivity index is 2.43. The number of aromatic nitrogens is 2. The van der Waals surface area contributed by atoms with Gasteiger partial charge in [-0.2, -0.15) is 0 Å². The first kappa shape index (κ1) is 14.1. The molecule has 1 aromatic carbocycles. The minimum Gasteiger partial charge on any atom is -0.479 e. The average Bonchev–Trinajstić information content (AvgIpc) is 2.46. The van der Waals surface area contributed by atoms with Crippen LogP contribution in [-0.2, 0) is 5.41 Å². The lowest BCUT2D eigenvalue weighted by Gasteiger charge is -2.23. The molecule has 104 valence electrons. The lowest BCUT2D eigenvalue weighted by atomic mass is 9.79. The average molecular weight is 274 g/mol. The van der Waals surface area contributed by atoms with Crippen LogP contribution in [0, 0.1) is 5.82 Å². The summed E-state index contributed by atoms with van der Waals surface area (Å²) in [5, 5.41) is 0. The number of halogens is 1. The Morgan fingerprint density at radius 2 is 1.75 bits per heavy atom. The maximum absolute atomic E-state index is 13.0. The van der Waals surface area contributed by atoms with Gasteiger partial charge in [-0.15, -0.1) is 0 Å². The molecular weight excluding hydrogens is 259 g/mol. The highest BCUT2D eigenvalue weighted by atomic mass is 19.1. The minimum atomic E-state index is -0.850. The zero-order chi connectivity index (χ0) is 14.8. The summed E-state index contributed by atoms with van der Waals surface area (Å²) in [4.78, 5) is 20.7. The molecule has 2 aromatic rings. The molecule has 0 saturated carbocycles. The molecule has 0 atom stereocenters. The van der Waals surface area contributed by atoms with Crippen LogP contribution in [0.4, 0.5) is 4.39 Å². The number of hydrogen-bond donors (Lipinski definition) is 0. The molecule has 5 heteroatoms. The Bertz CT molecular complexity index is 624. The molecule has 0 aliphatic rings. The summed E-state index contributed by atoms with van der Waals surface area (Å²) in [6, 6.07) is 5.85. The van der Waals surface area contributed by atoms with E-state index in [4.69, 9.17) is 4.74 Å². The van der Waals surface area contributed by atoms with Gasteiger partial charge in [0, 0.05) is 12.4 Å². The normalized spacial score (nSPS) is 11.2. The second-order valence-electron chi connectivity index (χ2n) is 4.88. The van der Waals surface area contributed by atoms with Crippen molar-refractivity contribution in [3.05, 3.63) is 53.7 Å². The van der Waals surface area contributed by atoms with E-state index >= 15 is 0 Å².